The maximum atomic E-state index is 9.17. The SMILES string of the molecule is COCC(CO)NCc1c(Cl)oc2ccccc12. The molecule has 0 bridgehead atoms. The molecule has 4 nitrogen and oxygen atoms in total. The molecule has 2 aromatic rings. The van der Waals surface area contributed by atoms with E-state index in [1.807, 2.05) is 24.3 Å². The summed E-state index contributed by atoms with van der Waals surface area (Å²) in [6.45, 7) is 0.996. The third-order valence-corrected chi connectivity index (χ3v) is 3.11. The van der Waals surface area contributed by atoms with Crippen molar-refractivity contribution in [2.75, 3.05) is 20.3 Å². The predicted molar refractivity (Wildman–Crippen MR) is 70.8 cm³/mol. The van der Waals surface area contributed by atoms with Crippen molar-refractivity contribution in [2.45, 2.75) is 12.6 Å². The Balaban J connectivity index is 2.13. The summed E-state index contributed by atoms with van der Waals surface area (Å²) in [7, 11) is 1.60. The lowest BCUT2D eigenvalue weighted by Crippen LogP contribution is -2.35. The summed E-state index contributed by atoms with van der Waals surface area (Å²) in [5.41, 5.74) is 1.67. The molecule has 0 saturated carbocycles. The second-order valence-electron chi connectivity index (χ2n) is 4.07. The first-order valence-electron chi connectivity index (χ1n) is 5.75. The Morgan fingerprint density at radius 2 is 2.22 bits per heavy atom. The van der Waals surface area contributed by atoms with Crippen molar-refractivity contribution < 1.29 is 14.3 Å². The van der Waals surface area contributed by atoms with Gasteiger partial charge in [0.1, 0.15) is 5.58 Å². The Bertz CT molecular complexity index is 512. The van der Waals surface area contributed by atoms with Crippen LogP contribution in [-0.4, -0.2) is 31.5 Å². The van der Waals surface area contributed by atoms with Crippen LogP contribution < -0.4 is 5.32 Å². The molecule has 0 aliphatic carbocycles. The third kappa shape index (κ3) is 2.84. The summed E-state index contributed by atoms with van der Waals surface area (Å²) >= 11 is 6.07. The molecule has 18 heavy (non-hydrogen) atoms. The van der Waals surface area contributed by atoms with E-state index < -0.39 is 0 Å². The number of ether oxygens (including phenoxy) is 1. The minimum absolute atomic E-state index is 0.0151. The molecule has 0 fully saturated rings. The van der Waals surface area contributed by atoms with Crippen LogP contribution in [0.15, 0.2) is 28.7 Å². The Morgan fingerprint density at radius 3 is 2.94 bits per heavy atom. The summed E-state index contributed by atoms with van der Waals surface area (Å²) in [5.74, 6) is 0. The maximum Gasteiger partial charge on any atom is 0.199 e. The highest BCUT2D eigenvalue weighted by Gasteiger charge is 2.13. The van der Waals surface area contributed by atoms with Gasteiger partial charge in [0.25, 0.3) is 0 Å². The number of fused-ring (bicyclic) bond motifs is 1. The first-order chi connectivity index (χ1) is 8.76. The molecule has 0 amide bonds. The van der Waals surface area contributed by atoms with E-state index in [-0.39, 0.29) is 12.6 Å². The average Bonchev–Trinajstić information content (AvgIpc) is 2.70. The van der Waals surface area contributed by atoms with E-state index in [0.717, 1.165) is 16.5 Å². The lowest BCUT2D eigenvalue weighted by molar-refractivity contribution is 0.128. The molecule has 0 aliphatic heterocycles. The number of hydrogen-bond donors (Lipinski definition) is 2. The van der Waals surface area contributed by atoms with Crippen LogP contribution in [0.1, 0.15) is 5.56 Å². The molecule has 98 valence electrons. The lowest BCUT2D eigenvalue weighted by atomic mass is 10.1. The van der Waals surface area contributed by atoms with Gasteiger partial charge in [-0.2, -0.15) is 0 Å². The van der Waals surface area contributed by atoms with Crippen molar-refractivity contribution in [2.24, 2.45) is 0 Å². The molecule has 0 saturated heterocycles. The molecule has 0 spiro atoms. The topological polar surface area (TPSA) is 54.6 Å². The van der Waals surface area contributed by atoms with E-state index in [1.54, 1.807) is 7.11 Å². The van der Waals surface area contributed by atoms with Crippen LogP contribution >= 0.6 is 11.6 Å². The number of methoxy groups -OCH3 is 1. The van der Waals surface area contributed by atoms with Crippen LogP contribution in [0, 0.1) is 0 Å². The summed E-state index contributed by atoms with van der Waals surface area (Å²) in [6.07, 6.45) is 0. The molecule has 1 unspecified atom stereocenters. The van der Waals surface area contributed by atoms with Crippen molar-refractivity contribution >= 4 is 22.6 Å². The molecule has 0 aliphatic rings. The molecule has 2 rings (SSSR count). The smallest absolute Gasteiger partial charge is 0.199 e. The van der Waals surface area contributed by atoms with Gasteiger partial charge in [-0.15, -0.1) is 0 Å². The van der Waals surface area contributed by atoms with Gasteiger partial charge in [0, 0.05) is 24.6 Å². The zero-order valence-corrected chi connectivity index (χ0v) is 10.9. The van der Waals surface area contributed by atoms with Crippen molar-refractivity contribution in [3.05, 3.63) is 35.0 Å². The predicted octanol–water partition coefficient (Wildman–Crippen LogP) is 2.18. The molecule has 1 atom stereocenters. The summed E-state index contributed by atoms with van der Waals surface area (Å²) in [4.78, 5) is 0. The highest BCUT2D eigenvalue weighted by Crippen LogP contribution is 2.29. The number of aliphatic hydroxyl groups excluding tert-OH is 1. The monoisotopic (exact) mass is 269 g/mol. The van der Waals surface area contributed by atoms with E-state index in [0.29, 0.717) is 18.4 Å². The zero-order valence-electron chi connectivity index (χ0n) is 10.1. The summed E-state index contributed by atoms with van der Waals surface area (Å²) in [6, 6.07) is 7.58. The van der Waals surface area contributed by atoms with E-state index in [9.17, 15) is 0 Å². The Kier molecular flexibility index (Phi) is 4.60. The van der Waals surface area contributed by atoms with Crippen LogP contribution in [0.2, 0.25) is 5.22 Å². The lowest BCUT2D eigenvalue weighted by Gasteiger charge is -2.14. The standard InChI is InChI=1S/C13H16ClNO3/c1-17-8-9(7-16)15-6-11-10-4-2-3-5-12(10)18-13(11)14/h2-5,9,15-16H,6-8H2,1H3. The fourth-order valence-electron chi connectivity index (χ4n) is 1.86. The zero-order chi connectivity index (χ0) is 13.0. The van der Waals surface area contributed by atoms with Gasteiger partial charge in [-0.25, -0.2) is 0 Å². The van der Waals surface area contributed by atoms with Gasteiger partial charge in [0.2, 0.25) is 0 Å². The van der Waals surface area contributed by atoms with Crippen LogP contribution in [0.25, 0.3) is 11.0 Å². The molecule has 1 aromatic carbocycles. The van der Waals surface area contributed by atoms with Crippen molar-refractivity contribution in [3.63, 3.8) is 0 Å². The molecular weight excluding hydrogens is 254 g/mol. The number of halogens is 1. The molecule has 2 N–H and O–H groups in total. The quantitative estimate of drug-likeness (QED) is 0.844. The Morgan fingerprint density at radius 1 is 1.44 bits per heavy atom. The summed E-state index contributed by atoms with van der Waals surface area (Å²) in [5, 5.41) is 13.7. The average molecular weight is 270 g/mol. The minimum atomic E-state index is -0.111. The van der Waals surface area contributed by atoms with Gasteiger partial charge in [-0.05, 0) is 17.7 Å². The van der Waals surface area contributed by atoms with Crippen LogP contribution in [0.4, 0.5) is 0 Å². The number of hydrogen-bond acceptors (Lipinski definition) is 4. The van der Waals surface area contributed by atoms with Gasteiger partial charge in [0.15, 0.2) is 5.22 Å². The Labute approximate surface area is 110 Å². The van der Waals surface area contributed by atoms with Crippen LogP contribution in [-0.2, 0) is 11.3 Å². The van der Waals surface area contributed by atoms with Gasteiger partial charge >= 0.3 is 0 Å². The van der Waals surface area contributed by atoms with Crippen molar-refractivity contribution in [3.8, 4) is 0 Å². The second-order valence-corrected chi connectivity index (χ2v) is 4.41. The molecule has 1 aromatic heterocycles. The normalized spacial score (nSPS) is 13.1. The largest absolute Gasteiger partial charge is 0.444 e. The number of benzene rings is 1. The van der Waals surface area contributed by atoms with Crippen molar-refractivity contribution in [1.82, 2.24) is 5.32 Å². The fraction of sp³-hybridized carbons (Fsp3) is 0.385. The van der Waals surface area contributed by atoms with E-state index in [1.165, 1.54) is 0 Å². The van der Waals surface area contributed by atoms with Gasteiger partial charge < -0.3 is 19.6 Å². The van der Waals surface area contributed by atoms with Crippen molar-refractivity contribution in [1.29, 1.82) is 0 Å². The Hall–Kier alpha value is -1.07. The first kappa shape index (κ1) is 13.4. The van der Waals surface area contributed by atoms with Crippen LogP contribution in [0.3, 0.4) is 0 Å². The molecule has 5 heteroatoms. The highest BCUT2D eigenvalue weighted by molar-refractivity contribution is 6.30. The highest BCUT2D eigenvalue weighted by atomic mass is 35.5. The third-order valence-electron chi connectivity index (χ3n) is 2.80. The van der Waals surface area contributed by atoms with E-state index in [4.69, 9.17) is 25.9 Å². The molecular formula is C13H16ClNO3. The summed E-state index contributed by atoms with van der Waals surface area (Å²) < 4.78 is 10.5. The van der Waals surface area contributed by atoms with Gasteiger partial charge in [-0.1, -0.05) is 18.2 Å². The first-order valence-corrected chi connectivity index (χ1v) is 6.13. The number of para-hydroxylation sites is 1. The van der Waals surface area contributed by atoms with E-state index in [2.05, 4.69) is 5.32 Å². The molecule has 0 radical (unpaired) electrons. The number of rotatable bonds is 6. The maximum absolute atomic E-state index is 9.17. The van der Waals surface area contributed by atoms with E-state index >= 15 is 0 Å². The number of furan rings is 1. The number of aliphatic hydroxyl groups is 1. The minimum Gasteiger partial charge on any atom is -0.444 e. The van der Waals surface area contributed by atoms with Crippen LogP contribution in [0.5, 0.6) is 0 Å². The van der Waals surface area contributed by atoms with Gasteiger partial charge in [-0.3, -0.25) is 0 Å². The number of nitrogens with one attached hydrogen (secondary N) is 1. The second kappa shape index (κ2) is 6.20. The molecule has 1 heterocycles. The van der Waals surface area contributed by atoms with Gasteiger partial charge in [0.05, 0.1) is 19.3 Å². The fourth-order valence-corrected chi connectivity index (χ4v) is 2.11.